The van der Waals surface area contributed by atoms with Gasteiger partial charge in [0.1, 0.15) is 0 Å². The van der Waals surface area contributed by atoms with Crippen LogP contribution in [-0.4, -0.2) is 84.8 Å². The molecule has 180 valence electrons. The van der Waals surface area contributed by atoms with Gasteiger partial charge in [0, 0.05) is 45.8 Å². The molecule has 0 atom stereocenters. The summed E-state index contributed by atoms with van der Waals surface area (Å²) < 4.78 is 0. The summed E-state index contributed by atoms with van der Waals surface area (Å²) in [5, 5.41) is 5.82. The Bertz CT molecular complexity index is 983. The van der Waals surface area contributed by atoms with Crippen molar-refractivity contribution in [1.29, 1.82) is 0 Å². The molecular formula is C26H33N5O3. The van der Waals surface area contributed by atoms with Crippen LogP contribution in [0.15, 0.2) is 54.6 Å². The van der Waals surface area contributed by atoms with Crippen molar-refractivity contribution in [2.24, 2.45) is 0 Å². The van der Waals surface area contributed by atoms with Gasteiger partial charge in [0.05, 0.1) is 24.3 Å². The van der Waals surface area contributed by atoms with Crippen LogP contribution in [-0.2, 0) is 16.1 Å². The van der Waals surface area contributed by atoms with Gasteiger partial charge in [-0.05, 0) is 30.5 Å². The minimum atomic E-state index is -0.226. The van der Waals surface area contributed by atoms with Gasteiger partial charge in [-0.3, -0.25) is 24.2 Å². The third kappa shape index (κ3) is 6.65. The Morgan fingerprint density at radius 3 is 2.06 bits per heavy atom. The third-order valence-electron chi connectivity index (χ3n) is 6.39. The number of rotatable bonds is 8. The number of likely N-dealkylation sites (tertiary alicyclic amines) is 1. The number of carbonyl (C=O) groups is 3. The topological polar surface area (TPSA) is 85.0 Å². The smallest absolute Gasteiger partial charge is 0.253 e. The highest BCUT2D eigenvalue weighted by atomic mass is 16.2. The van der Waals surface area contributed by atoms with E-state index in [0.717, 1.165) is 57.7 Å². The van der Waals surface area contributed by atoms with E-state index in [4.69, 9.17) is 0 Å². The molecule has 2 N–H and O–H groups in total. The summed E-state index contributed by atoms with van der Waals surface area (Å²) in [6.07, 6.45) is 2.21. The number of hydrogen-bond donors (Lipinski definition) is 2. The molecule has 0 spiro atoms. The Kier molecular flexibility index (Phi) is 8.27. The fourth-order valence-electron chi connectivity index (χ4n) is 4.42. The van der Waals surface area contributed by atoms with E-state index in [1.807, 2.05) is 35.2 Å². The van der Waals surface area contributed by atoms with E-state index < -0.39 is 0 Å². The fourth-order valence-corrected chi connectivity index (χ4v) is 4.42. The molecule has 8 heteroatoms. The van der Waals surface area contributed by atoms with E-state index in [0.29, 0.717) is 24.3 Å². The van der Waals surface area contributed by atoms with Crippen LogP contribution in [0.2, 0.25) is 0 Å². The van der Waals surface area contributed by atoms with Crippen molar-refractivity contribution in [1.82, 2.24) is 20.0 Å². The lowest BCUT2D eigenvalue weighted by Gasteiger charge is -2.34. The number of para-hydroxylation sites is 1. The first-order valence-corrected chi connectivity index (χ1v) is 12.0. The van der Waals surface area contributed by atoms with E-state index in [-0.39, 0.29) is 24.3 Å². The van der Waals surface area contributed by atoms with Crippen molar-refractivity contribution in [2.45, 2.75) is 19.4 Å². The first-order valence-electron chi connectivity index (χ1n) is 12.0. The van der Waals surface area contributed by atoms with E-state index in [1.54, 1.807) is 24.3 Å². The van der Waals surface area contributed by atoms with Gasteiger partial charge in [-0.2, -0.15) is 0 Å². The lowest BCUT2D eigenvalue weighted by Crippen LogP contribution is -2.51. The lowest BCUT2D eigenvalue weighted by molar-refractivity contribution is -0.132. The number of benzene rings is 2. The molecule has 4 rings (SSSR count). The highest BCUT2D eigenvalue weighted by Crippen LogP contribution is 2.16. The molecule has 2 saturated heterocycles. The van der Waals surface area contributed by atoms with E-state index in [1.165, 1.54) is 0 Å². The van der Waals surface area contributed by atoms with Gasteiger partial charge >= 0.3 is 0 Å². The number of anilines is 1. The second-order valence-electron chi connectivity index (χ2n) is 8.90. The molecule has 0 saturated carbocycles. The molecule has 2 aliphatic rings. The molecule has 8 nitrogen and oxygen atoms in total. The van der Waals surface area contributed by atoms with Crippen LogP contribution in [0, 0.1) is 0 Å². The van der Waals surface area contributed by atoms with Crippen LogP contribution in [0.3, 0.4) is 0 Å². The Morgan fingerprint density at radius 2 is 1.35 bits per heavy atom. The first-order chi connectivity index (χ1) is 16.6. The monoisotopic (exact) mass is 463 g/mol. The van der Waals surface area contributed by atoms with Gasteiger partial charge in [0.2, 0.25) is 11.8 Å². The first kappa shape index (κ1) is 23.9. The molecule has 34 heavy (non-hydrogen) atoms. The second kappa shape index (κ2) is 11.8. The zero-order valence-corrected chi connectivity index (χ0v) is 19.5. The van der Waals surface area contributed by atoms with Gasteiger partial charge in [-0.1, -0.05) is 42.5 Å². The van der Waals surface area contributed by atoms with Crippen molar-refractivity contribution in [3.05, 3.63) is 65.7 Å². The number of nitrogens with one attached hydrogen (secondary N) is 2. The molecule has 0 aliphatic carbocycles. The largest absolute Gasteiger partial charge is 0.348 e. The number of carbonyl (C=O) groups excluding carboxylic acids is 3. The lowest BCUT2D eigenvalue weighted by atomic mass is 10.1. The van der Waals surface area contributed by atoms with Gasteiger partial charge < -0.3 is 15.5 Å². The molecule has 2 aromatic carbocycles. The summed E-state index contributed by atoms with van der Waals surface area (Å²) in [5.41, 5.74) is 1.96. The predicted molar refractivity (Wildman–Crippen MR) is 131 cm³/mol. The molecule has 2 heterocycles. The summed E-state index contributed by atoms with van der Waals surface area (Å²) >= 11 is 0. The molecule has 2 aliphatic heterocycles. The van der Waals surface area contributed by atoms with Crippen LogP contribution in [0.1, 0.15) is 28.8 Å². The maximum Gasteiger partial charge on any atom is 0.253 e. The average molecular weight is 464 g/mol. The minimum Gasteiger partial charge on any atom is -0.348 e. The van der Waals surface area contributed by atoms with Crippen molar-refractivity contribution in [2.75, 3.05) is 57.7 Å². The number of amides is 3. The minimum absolute atomic E-state index is 0.148. The third-order valence-corrected chi connectivity index (χ3v) is 6.39. The molecule has 0 aromatic heterocycles. The van der Waals surface area contributed by atoms with Crippen LogP contribution in [0.25, 0.3) is 0 Å². The van der Waals surface area contributed by atoms with Crippen molar-refractivity contribution >= 4 is 23.4 Å². The van der Waals surface area contributed by atoms with E-state index >= 15 is 0 Å². The molecule has 0 radical (unpaired) electrons. The van der Waals surface area contributed by atoms with Crippen molar-refractivity contribution in [3.63, 3.8) is 0 Å². The highest BCUT2D eigenvalue weighted by Gasteiger charge is 2.24. The van der Waals surface area contributed by atoms with Gasteiger partial charge in [-0.25, -0.2) is 0 Å². The van der Waals surface area contributed by atoms with Crippen LogP contribution in [0.5, 0.6) is 0 Å². The van der Waals surface area contributed by atoms with Gasteiger partial charge in [-0.15, -0.1) is 0 Å². The number of hydrogen-bond acceptors (Lipinski definition) is 5. The quantitative estimate of drug-likeness (QED) is 0.624. The zero-order chi connectivity index (χ0) is 23.8. The Labute approximate surface area is 200 Å². The summed E-state index contributed by atoms with van der Waals surface area (Å²) in [5.74, 6) is -0.160. The molecular weight excluding hydrogens is 430 g/mol. The van der Waals surface area contributed by atoms with Crippen molar-refractivity contribution in [3.8, 4) is 0 Å². The number of nitrogens with zero attached hydrogens (tertiary/aromatic N) is 3. The Balaban J connectivity index is 1.23. The molecule has 3 amide bonds. The zero-order valence-electron chi connectivity index (χ0n) is 19.5. The second-order valence-corrected chi connectivity index (χ2v) is 8.90. The average Bonchev–Trinajstić information content (AvgIpc) is 3.40. The summed E-state index contributed by atoms with van der Waals surface area (Å²) in [6.45, 7) is 5.91. The normalized spacial score (nSPS) is 16.9. The fraction of sp³-hybridized carbons (Fsp3) is 0.423. The SMILES string of the molecule is O=C(CN1CCN(CC(=O)N2CCCC2)CC1)Nc1ccccc1C(=O)NCc1ccccc1. The summed E-state index contributed by atoms with van der Waals surface area (Å²) in [6, 6.07) is 16.8. The maximum absolute atomic E-state index is 12.7. The molecule has 0 bridgehead atoms. The van der Waals surface area contributed by atoms with Crippen molar-refractivity contribution < 1.29 is 14.4 Å². The van der Waals surface area contributed by atoms with Crippen LogP contribution in [0.4, 0.5) is 5.69 Å². The standard InChI is InChI=1S/C26H33N5O3/c32-24(19-29-14-16-30(17-15-29)20-25(33)31-12-6-7-13-31)28-23-11-5-4-10-22(23)26(34)27-18-21-8-2-1-3-9-21/h1-5,8-11H,6-7,12-20H2,(H,27,34)(H,28,32). The van der Waals surface area contributed by atoms with Gasteiger partial charge in [0.15, 0.2) is 0 Å². The van der Waals surface area contributed by atoms with Crippen LogP contribution < -0.4 is 10.6 Å². The van der Waals surface area contributed by atoms with E-state index in [2.05, 4.69) is 20.4 Å². The Hall–Kier alpha value is -3.23. The summed E-state index contributed by atoms with van der Waals surface area (Å²) in [7, 11) is 0. The molecule has 0 unspecified atom stereocenters. The molecule has 2 fully saturated rings. The van der Waals surface area contributed by atoms with Gasteiger partial charge in [0.25, 0.3) is 5.91 Å². The van der Waals surface area contributed by atoms with E-state index in [9.17, 15) is 14.4 Å². The molecule has 2 aromatic rings. The predicted octanol–water partition coefficient (Wildman–Crippen LogP) is 1.80. The Morgan fingerprint density at radius 1 is 0.735 bits per heavy atom. The highest BCUT2D eigenvalue weighted by molar-refractivity contribution is 6.04. The van der Waals surface area contributed by atoms with Crippen LogP contribution >= 0.6 is 0 Å². The maximum atomic E-state index is 12.7. The number of piperazine rings is 1. The summed E-state index contributed by atoms with van der Waals surface area (Å²) in [4.78, 5) is 44.0.